The number of thiazole rings is 1. The molecule has 0 aliphatic heterocycles. The highest BCUT2D eigenvalue weighted by Crippen LogP contribution is 2.17. The van der Waals surface area contributed by atoms with E-state index in [4.69, 9.17) is 15.2 Å². The number of anilines is 1. The lowest BCUT2D eigenvalue weighted by Gasteiger charge is -2.06. The average Bonchev–Trinajstić information content (AvgIpc) is 2.74. The molecule has 2 heterocycles. The van der Waals surface area contributed by atoms with E-state index in [0.717, 1.165) is 12.1 Å². The molecular weight excluding hydrogens is 252 g/mol. The predicted molar refractivity (Wildman–Crippen MR) is 69.0 cm³/mol. The summed E-state index contributed by atoms with van der Waals surface area (Å²) in [7, 11) is 1.52. The molecule has 0 atom stereocenters. The van der Waals surface area contributed by atoms with Crippen LogP contribution in [0.1, 0.15) is 10.6 Å². The number of nitrogen functional groups attached to an aromatic ring is 1. The van der Waals surface area contributed by atoms with Gasteiger partial charge in [-0.15, -0.1) is 11.3 Å². The van der Waals surface area contributed by atoms with Gasteiger partial charge in [0.2, 0.25) is 17.7 Å². The zero-order valence-electron chi connectivity index (χ0n) is 10.2. The Morgan fingerprint density at radius 1 is 1.33 bits per heavy atom. The van der Waals surface area contributed by atoms with Crippen molar-refractivity contribution in [2.45, 2.75) is 13.3 Å². The van der Waals surface area contributed by atoms with Crippen LogP contribution in [0.25, 0.3) is 0 Å². The minimum atomic E-state index is 0.137. The van der Waals surface area contributed by atoms with E-state index in [9.17, 15) is 0 Å². The lowest BCUT2D eigenvalue weighted by molar-refractivity contribution is 0.305. The second-order valence-corrected chi connectivity index (χ2v) is 4.51. The molecule has 2 rings (SSSR count). The molecule has 0 saturated heterocycles. The maximum atomic E-state index is 5.54. The van der Waals surface area contributed by atoms with E-state index in [1.807, 2.05) is 12.4 Å². The van der Waals surface area contributed by atoms with Gasteiger partial charge in [0.1, 0.15) is 0 Å². The van der Waals surface area contributed by atoms with Gasteiger partial charge in [0.15, 0.2) is 0 Å². The third-order valence-corrected chi connectivity index (χ3v) is 3.32. The topological polar surface area (TPSA) is 83.2 Å². The molecule has 0 spiro atoms. The van der Waals surface area contributed by atoms with Crippen molar-refractivity contribution in [3.63, 3.8) is 0 Å². The second kappa shape index (κ2) is 5.63. The summed E-state index contributed by atoms with van der Waals surface area (Å²) in [5, 5.41) is 0. The highest BCUT2D eigenvalue weighted by Gasteiger charge is 2.05. The van der Waals surface area contributed by atoms with Gasteiger partial charge < -0.3 is 15.2 Å². The molecule has 96 valence electrons. The maximum Gasteiger partial charge on any atom is 0.226 e. The van der Waals surface area contributed by atoms with E-state index >= 15 is 0 Å². The average molecular weight is 266 g/mol. The normalized spacial score (nSPS) is 10.3. The molecule has 0 radical (unpaired) electrons. The van der Waals surface area contributed by atoms with E-state index in [1.165, 1.54) is 12.0 Å². The van der Waals surface area contributed by atoms with E-state index < -0.39 is 0 Å². The van der Waals surface area contributed by atoms with Crippen LogP contribution in [0, 0.1) is 6.92 Å². The van der Waals surface area contributed by atoms with Crippen molar-refractivity contribution in [1.82, 2.24) is 15.0 Å². The summed E-state index contributed by atoms with van der Waals surface area (Å²) in [4.78, 5) is 13.2. The Kier molecular flexibility index (Phi) is 3.93. The molecule has 0 aliphatic carbocycles. The molecule has 0 unspecified atom stereocenters. The number of methoxy groups -OCH3 is 1. The number of hydrogen-bond acceptors (Lipinski definition) is 7. The largest absolute Gasteiger partial charge is 0.481 e. The summed E-state index contributed by atoms with van der Waals surface area (Å²) >= 11 is 1.62. The predicted octanol–water partition coefficient (Wildman–Crippen LogP) is 1.45. The summed E-state index contributed by atoms with van der Waals surface area (Å²) in [5.41, 5.74) is 8.41. The van der Waals surface area contributed by atoms with Crippen molar-refractivity contribution < 1.29 is 9.47 Å². The molecule has 0 saturated carbocycles. The van der Waals surface area contributed by atoms with Gasteiger partial charge in [-0.25, -0.2) is 4.98 Å². The molecule has 0 aliphatic rings. The molecular formula is C11H14N4O2S. The first kappa shape index (κ1) is 12.6. The van der Waals surface area contributed by atoms with E-state index in [-0.39, 0.29) is 5.95 Å². The van der Waals surface area contributed by atoms with Gasteiger partial charge >= 0.3 is 0 Å². The Morgan fingerprint density at radius 2 is 2.11 bits per heavy atom. The van der Waals surface area contributed by atoms with Gasteiger partial charge in [-0.1, -0.05) is 0 Å². The number of rotatable bonds is 5. The zero-order valence-corrected chi connectivity index (χ0v) is 11.0. The van der Waals surface area contributed by atoms with Gasteiger partial charge in [-0.3, -0.25) is 0 Å². The Labute approximate surface area is 109 Å². The van der Waals surface area contributed by atoms with E-state index in [2.05, 4.69) is 15.0 Å². The Morgan fingerprint density at radius 3 is 2.78 bits per heavy atom. The van der Waals surface area contributed by atoms with Crippen molar-refractivity contribution in [2.24, 2.45) is 0 Å². The summed E-state index contributed by atoms with van der Waals surface area (Å²) < 4.78 is 10.5. The number of hydrogen-bond donors (Lipinski definition) is 1. The van der Waals surface area contributed by atoms with Crippen molar-refractivity contribution in [1.29, 1.82) is 0 Å². The quantitative estimate of drug-likeness (QED) is 0.882. The zero-order chi connectivity index (χ0) is 13.0. The number of aryl methyl sites for hydroxylation is 1. The molecule has 7 heteroatoms. The van der Waals surface area contributed by atoms with Crippen LogP contribution in [-0.4, -0.2) is 28.7 Å². The second-order valence-electron chi connectivity index (χ2n) is 3.57. The fraction of sp³-hybridized carbons (Fsp3) is 0.364. The van der Waals surface area contributed by atoms with Gasteiger partial charge in [0.05, 0.1) is 31.0 Å². The molecule has 2 aromatic heterocycles. The van der Waals surface area contributed by atoms with Crippen molar-refractivity contribution >= 4 is 17.3 Å². The van der Waals surface area contributed by atoms with Gasteiger partial charge in [-0.05, 0) is 6.92 Å². The molecule has 18 heavy (non-hydrogen) atoms. The summed E-state index contributed by atoms with van der Waals surface area (Å²) in [5.74, 6) is 0.950. The third-order valence-electron chi connectivity index (χ3n) is 2.33. The molecule has 0 aromatic carbocycles. The van der Waals surface area contributed by atoms with Crippen molar-refractivity contribution in [3.05, 3.63) is 22.1 Å². The van der Waals surface area contributed by atoms with Crippen LogP contribution in [0.4, 0.5) is 5.95 Å². The fourth-order valence-electron chi connectivity index (χ4n) is 1.41. The Hall–Kier alpha value is -1.89. The summed E-state index contributed by atoms with van der Waals surface area (Å²) in [6.45, 7) is 2.50. The van der Waals surface area contributed by atoms with Crippen LogP contribution in [0.15, 0.2) is 11.6 Å². The highest BCUT2D eigenvalue weighted by atomic mass is 32.1. The number of nitrogens with zero attached hydrogens (tertiary/aromatic N) is 3. The number of nitrogens with two attached hydrogens (primary N) is 1. The lowest BCUT2D eigenvalue weighted by Crippen LogP contribution is -2.05. The van der Waals surface area contributed by atoms with Gasteiger partial charge in [0, 0.05) is 11.3 Å². The monoisotopic (exact) mass is 266 g/mol. The summed E-state index contributed by atoms with van der Waals surface area (Å²) in [6.07, 6.45) is 0.794. The van der Waals surface area contributed by atoms with Gasteiger partial charge in [0.25, 0.3) is 0 Å². The van der Waals surface area contributed by atoms with Crippen LogP contribution in [-0.2, 0) is 6.42 Å². The highest BCUT2D eigenvalue weighted by molar-refractivity contribution is 7.09. The van der Waals surface area contributed by atoms with E-state index in [1.54, 1.807) is 17.4 Å². The van der Waals surface area contributed by atoms with Crippen LogP contribution in [0.3, 0.4) is 0 Å². The first-order valence-electron chi connectivity index (χ1n) is 5.39. The Bertz CT molecular complexity index is 530. The van der Waals surface area contributed by atoms with Crippen LogP contribution < -0.4 is 15.2 Å². The molecule has 6 nitrogen and oxygen atoms in total. The number of ether oxygens (including phenoxy) is 2. The van der Waals surface area contributed by atoms with Crippen LogP contribution in [0.2, 0.25) is 0 Å². The Balaban J connectivity index is 1.94. The third kappa shape index (κ3) is 3.07. The standard InChI is InChI=1S/C11H14N4O2S/c1-7-8(18-6-13-7)3-4-17-10-5-9(16-2)14-11(12)15-10/h5-6H,3-4H2,1-2H3,(H2,12,14,15). The first-order valence-corrected chi connectivity index (χ1v) is 6.27. The lowest BCUT2D eigenvalue weighted by atomic mass is 10.3. The minimum Gasteiger partial charge on any atom is -0.481 e. The SMILES string of the molecule is COc1cc(OCCc2scnc2C)nc(N)n1. The maximum absolute atomic E-state index is 5.54. The first-order chi connectivity index (χ1) is 8.69. The fourth-order valence-corrected chi connectivity index (χ4v) is 2.18. The van der Waals surface area contributed by atoms with Crippen LogP contribution >= 0.6 is 11.3 Å². The summed E-state index contributed by atoms with van der Waals surface area (Å²) in [6, 6.07) is 1.61. The smallest absolute Gasteiger partial charge is 0.226 e. The molecule has 0 fully saturated rings. The minimum absolute atomic E-state index is 0.137. The molecule has 0 amide bonds. The van der Waals surface area contributed by atoms with Crippen molar-refractivity contribution in [3.8, 4) is 11.8 Å². The van der Waals surface area contributed by atoms with E-state index in [0.29, 0.717) is 18.4 Å². The molecule has 0 bridgehead atoms. The number of aromatic nitrogens is 3. The van der Waals surface area contributed by atoms with Gasteiger partial charge in [-0.2, -0.15) is 9.97 Å². The molecule has 2 N–H and O–H groups in total. The van der Waals surface area contributed by atoms with Crippen LogP contribution in [0.5, 0.6) is 11.8 Å². The van der Waals surface area contributed by atoms with Crippen molar-refractivity contribution in [2.75, 3.05) is 19.5 Å². The molecule has 2 aromatic rings.